The average Bonchev–Trinajstić information content (AvgIpc) is 3.10. The lowest BCUT2D eigenvalue weighted by atomic mass is 9.89. The van der Waals surface area contributed by atoms with Gasteiger partial charge in [-0.25, -0.2) is 9.45 Å². The molecule has 2 aromatic rings. The first kappa shape index (κ1) is 18.9. The number of halogens is 1. The minimum atomic E-state index is -0.282. The molecule has 0 N–H and O–H groups in total. The van der Waals surface area contributed by atoms with Crippen LogP contribution >= 0.6 is 0 Å². The number of hydrogen-bond acceptors (Lipinski definition) is 4. The van der Waals surface area contributed by atoms with Crippen molar-refractivity contribution in [1.82, 2.24) is 9.96 Å². The molecule has 0 radical (unpaired) electrons. The monoisotopic (exact) mass is 384 g/mol. The van der Waals surface area contributed by atoms with Crippen LogP contribution in [0.2, 0.25) is 0 Å². The number of rotatable bonds is 5. The van der Waals surface area contributed by atoms with E-state index in [1.807, 2.05) is 12.1 Å². The molecule has 0 bridgehead atoms. The van der Waals surface area contributed by atoms with Crippen molar-refractivity contribution in [3.05, 3.63) is 65.5 Å². The second-order valence-electron chi connectivity index (χ2n) is 7.40. The van der Waals surface area contributed by atoms with Crippen LogP contribution in [0.25, 0.3) is 0 Å². The Labute approximate surface area is 164 Å². The van der Waals surface area contributed by atoms with E-state index in [1.165, 1.54) is 22.8 Å². The van der Waals surface area contributed by atoms with Gasteiger partial charge in [-0.05, 0) is 67.2 Å². The Balaban J connectivity index is 1.32. The van der Waals surface area contributed by atoms with Crippen molar-refractivity contribution >= 4 is 5.91 Å². The van der Waals surface area contributed by atoms with Gasteiger partial charge in [0.25, 0.3) is 5.91 Å². The van der Waals surface area contributed by atoms with Crippen LogP contribution in [0.1, 0.15) is 29.9 Å². The summed E-state index contributed by atoms with van der Waals surface area (Å²) in [4.78, 5) is 20.6. The zero-order valence-corrected chi connectivity index (χ0v) is 16.0. The maximum atomic E-state index is 13.0. The Morgan fingerprint density at radius 3 is 2.39 bits per heavy atom. The molecule has 1 atom stereocenters. The lowest BCUT2D eigenvalue weighted by Gasteiger charge is -2.34. The molecule has 0 aromatic heterocycles. The first-order valence-corrected chi connectivity index (χ1v) is 9.71. The predicted octanol–water partition coefficient (Wildman–Crippen LogP) is 3.36. The second-order valence-corrected chi connectivity index (χ2v) is 7.40. The van der Waals surface area contributed by atoms with E-state index in [-0.39, 0.29) is 17.8 Å². The Morgan fingerprint density at radius 1 is 1.07 bits per heavy atom. The molecule has 28 heavy (non-hydrogen) atoms. The summed E-state index contributed by atoms with van der Waals surface area (Å²) in [6.45, 7) is 2.48. The van der Waals surface area contributed by atoms with Crippen LogP contribution in [-0.4, -0.2) is 48.7 Å². The molecule has 2 aromatic carbocycles. The molecule has 148 valence electrons. The van der Waals surface area contributed by atoms with Crippen molar-refractivity contribution in [2.24, 2.45) is 0 Å². The number of amides is 1. The van der Waals surface area contributed by atoms with Gasteiger partial charge < -0.3 is 4.74 Å². The van der Waals surface area contributed by atoms with Crippen molar-refractivity contribution in [3.63, 3.8) is 0 Å². The van der Waals surface area contributed by atoms with Crippen molar-refractivity contribution < 1.29 is 18.8 Å². The van der Waals surface area contributed by atoms with E-state index in [0.29, 0.717) is 19.1 Å². The number of hydrogen-bond donors (Lipinski definition) is 0. The Bertz CT molecular complexity index is 802. The number of carbonyl (C=O) groups is 1. The molecule has 2 heterocycles. The summed E-state index contributed by atoms with van der Waals surface area (Å²) in [5.74, 6) is 1.09. The lowest BCUT2D eigenvalue weighted by molar-refractivity contribution is -0.164. The van der Waals surface area contributed by atoms with Crippen LogP contribution < -0.4 is 4.74 Å². The average molecular weight is 384 g/mol. The summed E-state index contributed by atoms with van der Waals surface area (Å²) >= 11 is 0. The molecule has 4 rings (SSSR count). The number of piperidine rings is 1. The molecule has 0 aliphatic carbocycles. The van der Waals surface area contributed by atoms with E-state index in [2.05, 4.69) is 17.0 Å². The van der Waals surface area contributed by atoms with E-state index in [4.69, 9.17) is 9.57 Å². The molecule has 1 amide bonds. The fraction of sp³-hybridized carbons (Fsp3) is 0.409. The molecule has 6 heteroatoms. The number of hydroxylamine groups is 2. The lowest BCUT2D eigenvalue weighted by Crippen LogP contribution is -2.46. The number of benzene rings is 2. The fourth-order valence-electron chi connectivity index (χ4n) is 4.02. The molecule has 2 fully saturated rings. The van der Waals surface area contributed by atoms with E-state index in [1.54, 1.807) is 19.2 Å². The number of methoxy groups -OCH3 is 1. The van der Waals surface area contributed by atoms with Crippen molar-refractivity contribution in [1.29, 1.82) is 0 Å². The summed E-state index contributed by atoms with van der Waals surface area (Å²) < 4.78 is 18.3. The van der Waals surface area contributed by atoms with Gasteiger partial charge in [-0.1, -0.05) is 24.3 Å². The van der Waals surface area contributed by atoms with Gasteiger partial charge in [0.05, 0.1) is 20.3 Å². The smallest absolute Gasteiger partial charge is 0.266 e. The maximum absolute atomic E-state index is 13.0. The zero-order valence-electron chi connectivity index (χ0n) is 16.0. The summed E-state index contributed by atoms with van der Waals surface area (Å²) in [5.41, 5.74) is 2.18. The van der Waals surface area contributed by atoms with E-state index in [0.717, 1.165) is 37.2 Å². The first-order valence-electron chi connectivity index (χ1n) is 9.71. The summed E-state index contributed by atoms with van der Waals surface area (Å²) in [7, 11) is 1.67. The third-order valence-corrected chi connectivity index (χ3v) is 5.72. The van der Waals surface area contributed by atoms with Crippen LogP contribution in [0, 0.1) is 5.82 Å². The SMILES string of the molecule is COc1ccc(C2CCN([C@@H]3CON(Cc4ccc(F)cc4)C3=O)CC2)cc1. The number of carbonyl (C=O) groups excluding carboxylic acids is 1. The quantitative estimate of drug-likeness (QED) is 0.793. The van der Waals surface area contributed by atoms with E-state index >= 15 is 0 Å². The first-order chi connectivity index (χ1) is 13.6. The molecule has 2 aliphatic rings. The van der Waals surface area contributed by atoms with Crippen molar-refractivity contribution in [3.8, 4) is 5.75 Å². The largest absolute Gasteiger partial charge is 0.497 e. The summed E-state index contributed by atoms with van der Waals surface area (Å²) in [6, 6.07) is 14.2. The molecule has 0 spiro atoms. The second kappa shape index (κ2) is 8.29. The molecular formula is C22H25FN2O3. The number of ether oxygens (including phenoxy) is 1. The maximum Gasteiger partial charge on any atom is 0.266 e. The van der Waals surface area contributed by atoms with Crippen molar-refractivity contribution in [2.75, 3.05) is 26.8 Å². The standard InChI is InChI=1S/C22H25FN2O3/c1-27-20-8-4-17(5-9-20)18-10-12-24(13-11-18)21-15-28-25(22(21)26)14-16-2-6-19(23)7-3-16/h2-9,18,21H,10-15H2,1H3/t21-/m1/s1. The summed E-state index contributed by atoms with van der Waals surface area (Å²) in [5, 5.41) is 1.41. The van der Waals surface area contributed by atoms with Gasteiger partial charge in [0, 0.05) is 0 Å². The Hall–Kier alpha value is -2.44. The van der Waals surface area contributed by atoms with Gasteiger partial charge in [-0.3, -0.25) is 14.5 Å². The third-order valence-electron chi connectivity index (χ3n) is 5.72. The van der Waals surface area contributed by atoms with Gasteiger partial charge in [-0.15, -0.1) is 0 Å². The molecule has 2 aliphatic heterocycles. The topological polar surface area (TPSA) is 42.0 Å². The van der Waals surface area contributed by atoms with Crippen LogP contribution in [0.3, 0.4) is 0 Å². The Kier molecular flexibility index (Phi) is 5.59. The normalized spacial score (nSPS) is 21.3. The van der Waals surface area contributed by atoms with Gasteiger partial charge in [0.15, 0.2) is 0 Å². The van der Waals surface area contributed by atoms with Gasteiger partial charge in [0.2, 0.25) is 0 Å². The third kappa shape index (κ3) is 4.03. The van der Waals surface area contributed by atoms with Crippen LogP contribution in [0.5, 0.6) is 5.75 Å². The molecule has 5 nitrogen and oxygen atoms in total. The number of likely N-dealkylation sites (tertiary alicyclic amines) is 1. The molecule has 0 saturated carbocycles. The minimum absolute atomic E-state index is 0.00720. The fourth-order valence-corrected chi connectivity index (χ4v) is 4.02. The minimum Gasteiger partial charge on any atom is -0.497 e. The van der Waals surface area contributed by atoms with Gasteiger partial charge >= 0.3 is 0 Å². The van der Waals surface area contributed by atoms with E-state index in [9.17, 15) is 9.18 Å². The van der Waals surface area contributed by atoms with Gasteiger partial charge in [-0.2, -0.15) is 0 Å². The number of nitrogens with zero attached hydrogens (tertiary/aromatic N) is 2. The van der Waals surface area contributed by atoms with E-state index < -0.39 is 0 Å². The van der Waals surface area contributed by atoms with Gasteiger partial charge in [0.1, 0.15) is 17.6 Å². The highest BCUT2D eigenvalue weighted by Crippen LogP contribution is 2.31. The predicted molar refractivity (Wildman–Crippen MR) is 103 cm³/mol. The van der Waals surface area contributed by atoms with Crippen LogP contribution in [0.4, 0.5) is 4.39 Å². The van der Waals surface area contributed by atoms with Crippen LogP contribution in [0.15, 0.2) is 48.5 Å². The molecule has 0 unspecified atom stereocenters. The molecule has 2 saturated heterocycles. The molecular weight excluding hydrogens is 359 g/mol. The zero-order chi connectivity index (χ0) is 19.5. The highest BCUT2D eigenvalue weighted by molar-refractivity contribution is 5.82. The highest BCUT2D eigenvalue weighted by Gasteiger charge is 2.38. The summed E-state index contributed by atoms with van der Waals surface area (Å²) in [6.07, 6.45) is 2.04. The Morgan fingerprint density at radius 2 is 1.75 bits per heavy atom. The highest BCUT2D eigenvalue weighted by atomic mass is 19.1. The van der Waals surface area contributed by atoms with Crippen LogP contribution in [-0.2, 0) is 16.2 Å². The van der Waals surface area contributed by atoms with Crippen molar-refractivity contribution in [2.45, 2.75) is 31.3 Å².